The minimum absolute atomic E-state index is 0.0405. The fourth-order valence-electron chi connectivity index (χ4n) is 5.06. The molecule has 1 aliphatic heterocycles. The standard InChI is InChI=1S/C30H32F4N6O2/c1-18(2)23-14-20(4-6-24(23)31)36-29-37-25-15-21(5-7-26(25)39(29)3)42-22-8-11-35-27(16-22)38-28(41)19-9-12-40(13-10-19)17-30(32,33)34/h4-8,11,14-16,18-19H,9-10,12-13,17H2,1-3H3,(H,36,37)(H,35,38,41). The number of benzene rings is 2. The zero-order chi connectivity index (χ0) is 30.0. The third kappa shape index (κ3) is 6.99. The van der Waals surface area contributed by atoms with Crippen LogP contribution in [0.1, 0.15) is 38.2 Å². The number of carbonyl (C=O) groups is 1. The number of pyridine rings is 1. The van der Waals surface area contributed by atoms with Gasteiger partial charge in [-0.1, -0.05) is 13.8 Å². The van der Waals surface area contributed by atoms with Crippen molar-refractivity contribution in [2.24, 2.45) is 13.0 Å². The first kappa shape index (κ1) is 29.3. The van der Waals surface area contributed by atoms with Crippen LogP contribution in [0.4, 0.5) is 35.0 Å². The number of fused-ring (bicyclic) bond motifs is 1. The summed E-state index contributed by atoms with van der Waals surface area (Å²) >= 11 is 0. The summed E-state index contributed by atoms with van der Waals surface area (Å²) < 4.78 is 60.0. The molecule has 42 heavy (non-hydrogen) atoms. The topological polar surface area (TPSA) is 84.3 Å². The van der Waals surface area contributed by atoms with Crippen LogP contribution in [-0.4, -0.2) is 51.2 Å². The van der Waals surface area contributed by atoms with Crippen LogP contribution in [0.3, 0.4) is 0 Å². The Morgan fingerprint density at radius 2 is 1.81 bits per heavy atom. The van der Waals surface area contributed by atoms with Crippen LogP contribution in [0.15, 0.2) is 54.7 Å². The van der Waals surface area contributed by atoms with Gasteiger partial charge in [-0.05, 0) is 73.8 Å². The molecule has 2 N–H and O–H groups in total. The molecule has 8 nitrogen and oxygen atoms in total. The molecule has 4 aromatic rings. The Labute approximate surface area is 240 Å². The van der Waals surface area contributed by atoms with E-state index >= 15 is 0 Å². The largest absolute Gasteiger partial charge is 0.457 e. The van der Waals surface area contributed by atoms with Gasteiger partial charge in [-0.2, -0.15) is 13.2 Å². The van der Waals surface area contributed by atoms with E-state index in [-0.39, 0.29) is 36.6 Å². The second kappa shape index (κ2) is 12.0. The molecule has 0 atom stereocenters. The van der Waals surface area contributed by atoms with Gasteiger partial charge in [0.25, 0.3) is 0 Å². The summed E-state index contributed by atoms with van der Waals surface area (Å²) in [5, 5.41) is 6.02. The molecule has 1 amide bonds. The summed E-state index contributed by atoms with van der Waals surface area (Å²) in [7, 11) is 1.88. The number of amides is 1. The number of ether oxygens (including phenoxy) is 1. The average Bonchev–Trinajstić information content (AvgIpc) is 3.23. The Bertz CT molecular complexity index is 1580. The molecule has 0 aliphatic carbocycles. The molecule has 0 bridgehead atoms. The molecule has 0 saturated carbocycles. The van der Waals surface area contributed by atoms with E-state index < -0.39 is 12.7 Å². The molecule has 222 valence electrons. The lowest BCUT2D eigenvalue weighted by Gasteiger charge is -2.31. The molecule has 0 spiro atoms. The maximum atomic E-state index is 14.1. The number of piperidine rings is 1. The van der Waals surface area contributed by atoms with E-state index in [2.05, 4.69) is 20.6 Å². The maximum absolute atomic E-state index is 14.1. The molecule has 1 saturated heterocycles. The minimum atomic E-state index is -4.25. The van der Waals surface area contributed by atoms with Gasteiger partial charge in [-0.3, -0.25) is 9.69 Å². The molecule has 2 aromatic carbocycles. The highest BCUT2D eigenvalue weighted by molar-refractivity contribution is 5.92. The molecular weight excluding hydrogens is 552 g/mol. The van der Waals surface area contributed by atoms with Crippen LogP contribution in [-0.2, 0) is 11.8 Å². The van der Waals surface area contributed by atoms with Crippen LogP contribution >= 0.6 is 0 Å². The van der Waals surface area contributed by atoms with Gasteiger partial charge >= 0.3 is 6.18 Å². The number of anilines is 3. The first-order chi connectivity index (χ1) is 19.9. The number of imidazole rings is 1. The normalized spacial score (nSPS) is 14.9. The number of carbonyl (C=O) groups excluding carboxylic acids is 1. The summed E-state index contributed by atoms with van der Waals surface area (Å²) in [5.41, 5.74) is 2.89. The van der Waals surface area contributed by atoms with Crippen LogP contribution in [0.5, 0.6) is 11.5 Å². The molecule has 12 heteroatoms. The van der Waals surface area contributed by atoms with Gasteiger partial charge in [0.2, 0.25) is 11.9 Å². The average molecular weight is 585 g/mol. The van der Waals surface area contributed by atoms with Crippen molar-refractivity contribution in [3.05, 3.63) is 66.1 Å². The Hall–Kier alpha value is -4.19. The van der Waals surface area contributed by atoms with Gasteiger partial charge in [0.1, 0.15) is 23.1 Å². The number of hydrogen-bond acceptors (Lipinski definition) is 6. The van der Waals surface area contributed by atoms with E-state index in [1.54, 1.807) is 36.4 Å². The Balaban J connectivity index is 1.23. The molecule has 0 unspecified atom stereocenters. The van der Waals surface area contributed by atoms with Crippen LogP contribution in [0.2, 0.25) is 0 Å². The number of hydrogen-bond donors (Lipinski definition) is 2. The number of alkyl halides is 3. The number of nitrogens with one attached hydrogen (secondary N) is 2. The molecule has 1 fully saturated rings. The predicted octanol–water partition coefficient (Wildman–Crippen LogP) is 6.98. The Morgan fingerprint density at radius 1 is 1.07 bits per heavy atom. The van der Waals surface area contributed by atoms with Crippen molar-refractivity contribution in [2.75, 3.05) is 30.3 Å². The first-order valence-electron chi connectivity index (χ1n) is 13.7. The van der Waals surface area contributed by atoms with Gasteiger partial charge in [0.05, 0.1) is 17.6 Å². The lowest BCUT2D eigenvalue weighted by Crippen LogP contribution is -2.42. The fraction of sp³-hybridized carbons (Fsp3) is 0.367. The SMILES string of the molecule is CC(C)c1cc(Nc2nc3cc(Oc4ccnc(NC(=O)C5CCN(CC(F)(F)F)CC5)c4)ccc3n2C)ccc1F. The second-order valence-corrected chi connectivity index (χ2v) is 10.8. The van der Waals surface area contributed by atoms with Gasteiger partial charge in [-0.25, -0.2) is 14.4 Å². The van der Waals surface area contributed by atoms with Crippen molar-refractivity contribution in [3.8, 4) is 11.5 Å². The number of likely N-dealkylation sites (tertiary alicyclic amines) is 1. The second-order valence-electron chi connectivity index (χ2n) is 10.8. The van der Waals surface area contributed by atoms with Crippen molar-refractivity contribution in [1.82, 2.24) is 19.4 Å². The lowest BCUT2D eigenvalue weighted by molar-refractivity contribution is -0.149. The third-order valence-electron chi connectivity index (χ3n) is 7.31. The molecule has 5 rings (SSSR count). The van der Waals surface area contributed by atoms with E-state index in [4.69, 9.17) is 4.74 Å². The van der Waals surface area contributed by atoms with Crippen LogP contribution in [0, 0.1) is 11.7 Å². The van der Waals surface area contributed by atoms with Crippen molar-refractivity contribution in [3.63, 3.8) is 0 Å². The minimum Gasteiger partial charge on any atom is -0.457 e. The lowest BCUT2D eigenvalue weighted by atomic mass is 9.96. The zero-order valence-corrected chi connectivity index (χ0v) is 23.5. The Kier molecular flexibility index (Phi) is 8.35. The zero-order valence-electron chi connectivity index (χ0n) is 23.5. The van der Waals surface area contributed by atoms with Crippen molar-refractivity contribution >= 4 is 34.4 Å². The molecule has 1 aliphatic rings. The van der Waals surface area contributed by atoms with Crippen molar-refractivity contribution in [2.45, 2.75) is 38.8 Å². The summed E-state index contributed by atoms with van der Waals surface area (Å²) in [5.74, 6) is 0.982. The van der Waals surface area contributed by atoms with Gasteiger partial charge < -0.3 is 19.9 Å². The molecule has 3 heterocycles. The number of rotatable bonds is 8. The highest BCUT2D eigenvalue weighted by Gasteiger charge is 2.34. The van der Waals surface area contributed by atoms with E-state index in [1.165, 1.54) is 17.2 Å². The first-order valence-corrected chi connectivity index (χ1v) is 13.7. The van der Waals surface area contributed by atoms with Gasteiger partial charge in [0, 0.05) is 37.0 Å². The third-order valence-corrected chi connectivity index (χ3v) is 7.31. The van der Waals surface area contributed by atoms with E-state index in [1.807, 2.05) is 31.5 Å². The Morgan fingerprint density at radius 3 is 2.52 bits per heavy atom. The number of nitrogens with zero attached hydrogens (tertiary/aromatic N) is 4. The van der Waals surface area contributed by atoms with E-state index in [0.717, 1.165) is 11.2 Å². The quantitative estimate of drug-likeness (QED) is 0.218. The number of halogens is 4. The highest BCUT2D eigenvalue weighted by Crippen LogP contribution is 2.30. The summed E-state index contributed by atoms with van der Waals surface area (Å²) in [6.07, 6.45) is -2.05. The molecular formula is C30H32F4N6O2. The fourth-order valence-corrected chi connectivity index (χ4v) is 5.06. The van der Waals surface area contributed by atoms with Crippen molar-refractivity contribution in [1.29, 1.82) is 0 Å². The highest BCUT2D eigenvalue weighted by atomic mass is 19.4. The predicted molar refractivity (Wildman–Crippen MR) is 153 cm³/mol. The summed E-state index contributed by atoms with van der Waals surface area (Å²) in [4.78, 5) is 22.9. The van der Waals surface area contributed by atoms with Crippen LogP contribution in [0.25, 0.3) is 11.0 Å². The van der Waals surface area contributed by atoms with Crippen molar-refractivity contribution < 1.29 is 27.1 Å². The smallest absolute Gasteiger partial charge is 0.401 e. The van der Waals surface area contributed by atoms with E-state index in [9.17, 15) is 22.4 Å². The van der Waals surface area contributed by atoms with E-state index in [0.29, 0.717) is 47.2 Å². The number of aryl methyl sites for hydroxylation is 1. The monoisotopic (exact) mass is 584 g/mol. The summed E-state index contributed by atoms with van der Waals surface area (Å²) in [6, 6.07) is 13.6. The maximum Gasteiger partial charge on any atom is 0.401 e. The molecule has 2 aromatic heterocycles. The van der Waals surface area contributed by atoms with Gasteiger partial charge in [0.15, 0.2) is 0 Å². The summed E-state index contributed by atoms with van der Waals surface area (Å²) in [6.45, 7) is 3.34. The number of aromatic nitrogens is 3. The van der Waals surface area contributed by atoms with Crippen LogP contribution < -0.4 is 15.4 Å². The van der Waals surface area contributed by atoms with Gasteiger partial charge in [-0.15, -0.1) is 0 Å². The molecule has 0 radical (unpaired) electrons.